The van der Waals surface area contributed by atoms with E-state index in [0.29, 0.717) is 17.5 Å². The third kappa shape index (κ3) is 7.38. The average Bonchev–Trinajstić information content (AvgIpc) is 3.83. The van der Waals surface area contributed by atoms with E-state index in [1.165, 1.54) is 55.5 Å². The van der Waals surface area contributed by atoms with Crippen LogP contribution in [-0.4, -0.2) is 26.2 Å². The van der Waals surface area contributed by atoms with Gasteiger partial charge in [0.1, 0.15) is 0 Å². The number of benzene rings is 11. The van der Waals surface area contributed by atoms with Crippen molar-refractivity contribution in [3.05, 3.63) is 272 Å². The molecule has 0 fully saturated rings. The Morgan fingerprint density at radius 2 is 0.779 bits per heavy atom. The molecule has 2 aromatic heterocycles. The molecule has 360 valence electrons. The molecule has 0 unspecified atom stereocenters. The van der Waals surface area contributed by atoms with E-state index in [-0.39, 0.29) is 6.71 Å². The lowest BCUT2D eigenvalue weighted by Crippen LogP contribution is -2.61. The van der Waals surface area contributed by atoms with E-state index in [0.717, 1.165) is 67.0 Å². The summed E-state index contributed by atoms with van der Waals surface area (Å²) in [7, 11) is 0. The van der Waals surface area contributed by atoms with Gasteiger partial charge in [0, 0.05) is 67.2 Å². The third-order valence-corrected chi connectivity index (χ3v) is 15.5. The molecule has 0 bridgehead atoms. The zero-order valence-electron chi connectivity index (χ0n) is 42.2. The number of fused-ring (bicyclic) bond motifs is 7. The molecule has 0 atom stereocenters. The summed E-state index contributed by atoms with van der Waals surface area (Å²) in [4.78, 5) is 20.2. The average molecular weight is 983 g/mol. The van der Waals surface area contributed by atoms with Crippen LogP contribution < -0.4 is 26.2 Å². The van der Waals surface area contributed by atoms with Crippen LogP contribution in [0.4, 0.5) is 34.1 Å². The molecule has 7 heteroatoms. The van der Waals surface area contributed by atoms with Crippen LogP contribution in [0.1, 0.15) is 5.56 Å². The van der Waals surface area contributed by atoms with Gasteiger partial charge < -0.3 is 14.4 Å². The Bertz CT molecular complexity index is 4350. The lowest BCUT2D eigenvalue weighted by atomic mass is 9.33. The van der Waals surface area contributed by atoms with Crippen LogP contribution in [0, 0.1) is 6.92 Å². The molecule has 0 spiro atoms. The van der Waals surface area contributed by atoms with Crippen molar-refractivity contribution in [1.29, 1.82) is 0 Å². The summed E-state index contributed by atoms with van der Waals surface area (Å²) in [5, 5.41) is 2.45. The molecule has 2 aliphatic rings. The van der Waals surface area contributed by atoms with Crippen molar-refractivity contribution in [2.75, 3.05) is 9.80 Å². The fourth-order valence-electron chi connectivity index (χ4n) is 12.0. The fourth-order valence-corrected chi connectivity index (χ4v) is 12.0. The first-order chi connectivity index (χ1) is 38.1. The Hall–Kier alpha value is -10.1. The van der Waals surface area contributed by atoms with Crippen molar-refractivity contribution in [3.63, 3.8) is 0 Å². The van der Waals surface area contributed by atoms with E-state index in [1.54, 1.807) is 0 Å². The SMILES string of the molecule is Cc1ccc2c(c1)c1ccccc1n2-c1ccc(-c2nc(-c3ccccc3)nc(-c3ccccc3)n2)cc1-c1ccc(-c2ccc(N3c4ccccc4B4c5ccccc5N(c5ccccc5)c5cccc3c54)cc2)cc1. The second-order valence-electron chi connectivity index (χ2n) is 20.0. The summed E-state index contributed by atoms with van der Waals surface area (Å²) >= 11 is 0. The van der Waals surface area contributed by atoms with E-state index < -0.39 is 0 Å². The summed E-state index contributed by atoms with van der Waals surface area (Å²) in [6.07, 6.45) is 0. The Balaban J connectivity index is 0.839. The first-order valence-corrected chi connectivity index (χ1v) is 26.3. The predicted molar refractivity (Wildman–Crippen MR) is 320 cm³/mol. The van der Waals surface area contributed by atoms with Crippen LogP contribution in [0.25, 0.3) is 83.9 Å². The van der Waals surface area contributed by atoms with Gasteiger partial charge in [-0.15, -0.1) is 0 Å². The molecule has 11 aromatic carbocycles. The number of nitrogens with zero attached hydrogens (tertiary/aromatic N) is 6. The van der Waals surface area contributed by atoms with E-state index >= 15 is 0 Å². The highest BCUT2D eigenvalue weighted by Gasteiger charge is 2.42. The van der Waals surface area contributed by atoms with Gasteiger partial charge in [-0.05, 0) is 125 Å². The predicted octanol–water partition coefficient (Wildman–Crippen LogP) is 15.7. The molecule has 77 heavy (non-hydrogen) atoms. The van der Waals surface area contributed by atoms with Crippen LogP contribution in [0.2, 0.25) is 0 Å². The molecule has 6 nitrogen and oxygen atoms in total. The number of hydrogen-bond acceptors (Lipinski definition) is 5. The molecule has 4 heterocycles. The third-order valence-electron chi connectivity index (χ3n) is 15.5. The number of rotatable bonds is 8. The maximum atomic E-state index is 5.16. The molecule has 0 saturated heterocycles. The van der Waals surface area contributed by atoms with Gasteiger partial charge in [0.05, 0.1) is 16.7 Å². The molecule has 0 radical (unpaired) electrons. The molecule has 0 saturated carbocycles. The van der Waals surface area contributed by atoms with Crippen molar-refractivity contribution >= 4 is 79.0 Å². The molecular formula is C70H47BN6. The molecule has 0 N–H and O–H groups in total. The summed E-state index contributed by atoms with van der Waals surface area (Å²) in [5.41, 5.74) is 22.8. The van der Waals surface area contributed by atoms with Crippen molar-refractivity contribution < 1.29 is 0 Å². The summed E-state index contributed by atoms with van der Waals surface area (Å²) in [5.74, 6) is 1.87. The van der Waals surface area contributed by atoms with Gasteiger partial charge in [0.2, 0.25) is 0 Å². The van der Waals surface area contributed by atoms with Crippen LogP contribution >= 0.6 is 0 Å². The monoisotopic (exact) mass is 982 g/mol. The Labute approximate surface area is 447 Å². The normalized spacial score (nSPS) is 12.4. The Kier molecular flexibility index (Phi) is 10.4. The van der Waals surface area contributed by atoms with Gasteiger partial charge in [-0.3, -0.25) is 0 Å². The largest absolute Gasteiger partial charge is 0.311 e. The second-order valence-corrected chi connectivity index (χ2v) is 20.0. The molecule has 0 aliphatic carbocycles. The zero-order valence-corrected chi connectivity index (χ0v) is 42.2. The maximum absolute atomic E-state index is 5.16. The lowest BCUT2D eigenvalue weighted by Gasteiger charge is -2.44. The standard InChI is InChI=1S/C70H47BN6/c1-46-32-42-62-57(44-46)55-24-11-14-27-60(55)77(62)61-43-39-52(70-73-68(50-18-5-2-6-19-50)72-69(74-70)51-20-7-3-8-21-51)45-56(61)49-35-33-47(34-36-49)48-37-40-54(41-38-48)76-64-29-16-13-26-59(64)71-58-25-12-15-28-63(58)75(53-22-9-4-10-23-53)65-30-17-31-66(76)67(65)71/h2-45H,1H3. The second kappa shape index (κ2) is 18.1. The quantitative estimate of drug-likeness (QED) is 0.142. The minimum absolute atomic E-state index is 0.0960. The summed E-state index contributed by atoms with van der Waals surface area (Å²) in [6, 6.07) is 96.0. The summed E-state index contributed by atoms with van der Waals surface area (Å²) in [6.45, 7) is 2.26. The fraction of sp³-hybridized carbons (Fsp3) is 0.0143. The van der Waals surface area contributed by atoms with Gasteiger partial charge in [0.25, 0.3) is 6.71 Å². The molecule has 15 rings (SSSR count). The molecular weight excluding hydrogens is 936 g/mol. The van der Waals surface area contributed by atoms with E-state index in [9.17, 15) is 0 Å². The van der Waals surface area contributed by atoms with E-state index in [2.05, 4.69) is 252 Å². The van der Waals surface area contributed by atoms with Gasteiger partial charge >= 0.3 is 0 Å². The number of aryl methyl sites for hydroxylation is 1. The van der Waals surface area contributed by atoms with E-state index in [1.807, 2.05) is 36.4 Å². The minimum Gasteiger partial charge on any atom is -0.311 e. The number of aromatic nitrogens is 4. The van der Waals surface area contributed by atoms with Crippen LogP contribution in [0.15, 0.2) is 267 Å². The highest BCUT2D eigenvalue weighted by Crippen LogP contribution is 2.45. The van der Waals surface area contributed by atoms with Crippen LogP contribution in [-0.2, 0) is 0 Å². The van der Waals surface area contributed by atoms with Gasteiger partial charge in [0.15, 0.2) is 17.5 Å². The summed E-state index contributed by atoms with van der Waals surface area (Å²) < 4.78 is 2.41. The minimum atomic E-state index is 0.0960. The van der Waals surface area contributed by atoms with Crippen molar-refractivity contribution in [2.45, 2.75) is 6.92 Å². The number of para-hydroxylation sites is 4. The van der Waals surface area contributed by atoms with Crippen molar-refractivity contribution in [1.82, 2.24) is 19.5 Å². The van der Waals surface area contributed by atoms with Crippen molar-refractivity contribution in [2.24, 2.45) is 0 Å². The highest BCUT2D eigenvalue weighted by atomic mass is 15.2. The first kappa shape index (κ1) is 44.4. The molecule has 13 aromatic rings. The van der Waals surface area contributed by atoms with Crippen LogP contribution in [0.5, 0.6) is 0 Å². The molecule has 0 amide bonds. The number of anilines is 6. The highest BCUT2D eigenvalue weighted by molar-refractivity contribution is 7.00. The van der Waals surface area contributed by atoms with Gasteiger partial charge in [-0.25, -0.2) is 15.0 Å². The van der Waals surface area contributed by atoms with Gasteiger partial charge in [-0.2, -0.15) is 0 Å². The van der Waals surface area contributed by atoms with Crippen molar-refractivity contribution in [3.8, 4) is 62.1 Å². The van der Waals surface area contributed by atoms with Crippen LogP contribution in [0.3, 0.4) is 0 Å². The molecule has 2 aliphatic heterocycles. The smallest absolute Gasteiger partial charge is 0.252 e. The number of hydrogen-bond donors (Lipinski definition) is 0. The van der Waals surface area contributed by atoms with Gasteiger partial charge in [-0.1, -0.05) is 188 Å². The topological polar surface area (TPSA) is 50.1 Å². The zero-order chi connectivity index (χ0) is 51.0. The lowest BCUT2D eigenvalue weighted by molar-refractivity contribution is 1.07. The maximum Gasteiger partial charge on any atom is 0.252 e. The Morgan fingerprint density at radius 3 is 1.40 bits per heavy atom. The first-order valence-electron chi connectivity index (χ1n) is 26.3. The van der Waals surface area contributed by atoms with E-state index in [4.69, 9.17) is 15.0 Å². The Morgan fingerprint density at radius 1 is 0.312 bits per heavy atom.